The van der Waals surface area contributed by atoms with Crippen LogP contribution in [0.1, 0.15) is 39.6 Å². The topological polar surface area (TPSA) is 79.3 Å². The maximum Gasteiger partial charge on any atom is 0.335 e. The molecule has 1 aromatic carbocycles. The number of nitrogens with one attached hydrogen (secondary N) is 1. The predicted octanol–water partition coefficient (Wildman–Crippen LogP) is 2.51. The molecule has 2 N–H and O–H groups in total. The van der Waals surface area contributed by atoms with E-state index in [-0.39, 0.29) is 11.5 Å². The number of hydrogen-bond acceptors (Lipinski definition) is 4. The molecule has 0 aliphatic heterocycles. The smallest absolute Gasteiger partial charge is 0.335 e. The highest BCUT2D eigenvalue weighted by molar-refractivity contribution is 7.09. The molecule has 20 heavy (non-hydrogen) atoms. The molecule has 0 atom stereocenters. The van der Waals surface area contributed by atoms with Gasteiger partial charge in [-0.3, -0.25) is 4.79 Å². The van der Waals surface area contributed by atoms with Gasteiger partial charge in [0.05, 0.1) is 11.1 Å². The van der Waals surface area contributed by atoms with Gasteiger partial charge in [0, 0.05) is 17.1 Å². The van der Waals surface area contributed by atoms with Crippen LogP contribution in [0, 0.1) is 0 Å². The third kappa shape index (κ3) is 3.03. The Morgan fingerprint density at radius 3 is 2.60 bits per heavy atom. The van der Waals surface area contributed by atoms with Crippen molar-refractivity contribution in [1.82, 2.24) is 10.3 Å². The van der Waals surface area contributed by atoms with Gasteiger partial charge in [0.15, 0.2) is 0 Å². The van der Waals surface area contributed by atoms with E-state index in [4.69, 9.17) is 5.11 Å². The van der Waals surface area contributed by atoms with Crippen LogP contribution in [0.15, 0.2) is 35.8 Å². The number of carbonyl (C=O) groups excluding carboxylic acids is 1. The third-order valence-corrected chi connectivity index (χ3v) is 3.86. The van der Waals surface area contributed by atoms with Crippen molar-refractivity contribution in [1.29, 1.82) is 0 Å². The van der Waals surface area contributed by atoms with Crippen LogP contribution in [0.25, 0.3) is 0 Å². The molecule has 0 aliphatic rings. The monoisotopic (exact) mass is 290 g/mol. The average Bonchev–Trinajstić information content (AvgIpc) is 2.93. The van der Waals surface area contributed by atoms with Crippen LogP contribution in [0.2, 0.25) is 0 Å². The summed E-state index contributed by atoms with van der Waals surface area (Å²) in [5.41, 5.74) is -0.205. The van der Waals surface area contributed by atoms with Gasteiger partial charge < -0.3 is 10.4 Å². The van der Waals surface area contributed by atoms with Crippen molar-refractivity contribution in [2.75, 3.05) is 0 Å². The van der Waals surface area contributed by atoms with Gasteiger partial charge in [-0.25, -0.2) is 9.78 Å². The lowest BCUT2D eigenvalue weighted by molar-refractivity contribution is 0.0697. The molecule has 0 saturated carbocycles. The number of thiazole rings is 1. The minimum absolute atomic E-state index is 0.0877. The van der Waals surface area contributed by atoms with Crippen molar-refractivity contribution >= 4 is 23.2 Å². The Morgan fingerprint density at radius 1 is 1.30 bits per heavy atom. The summed E-state index contributed by atoms with van der Waals surface area (Å²) in [7, 11) is 0. The number of carboxylic acids is 1. The maximum atomic E-state index is 12.2. The maximum absolute atomic E-state index is 12.2. The number of rotatable bonds is 4. The Labute approximate surface area is 120 Å². The number of carboxylic acid groups (broad SMARTS) is 1. The van der Waals surface area contributed by atoms with Gasteiger partial charge in [-0.1, -0.05) is 6.07 Å². The van der Waals surface area contributed by atoms with E-state index < -0.39 is 11.5 Å². The minimum atomic E-state index is -1.06. The second-order valence-corrected chi connectivity index (χ2v) is 5.70. The number of nitrogens with zero attached hydrogens (tertiary/aromatic N) is 1. The number of hydrogen-bond donors (Lipinski definition) is 2. The zero-order valence-electron chi connectivity index (χ0n) is 11.1. The molecule has 0 unspecified atom stereocenters. The van der Waals surface area contributed by atoms with Crippen LogP contribution in [0.5, 0.6) is 0 Å². The van der Waals surface area contributed by atoms with E-state index in [9.17, 15) is 9.59 Å². The molecule has 0 saturated heterocycles. The molecular weight excluding hydrogens is 276 g/mol. The van der Waals surface area contributed by atoms with Gasteiger partial charge in [-0.2, -0.15) is 0 Å². The van der Waals surface area contributed by atoms with Crippen molar-refractivity contribution in [3.05, 3.63) is 52.0 Å². The number of carbonyl (C=O) groups is 2. The fourth-order valence-corrected chi connectivity index (χ4v) is 2.45. The number of benzene rings is 1. The van der Waals surface area contributed by atoms with E-state index in [1.807, 2.05) is 19.2 Å². The standard InChI is InChI=1S/C14H14N2O3S/c1-14(2,13-15-6-7-20-13)16-11(17)9-4-3-5-10(8-9)12(18)19/h3-8H,1-2H3,(H,16,17)(H,18,19). The second-order valence-electron chi connectivity index (χ2n) is 4.80. The lowest BCUT2D eigenvalue weighted by atomic mass is 10.0. The summed E-state index contributed by atoms with van der Waals surface area (Å²) in [5.74, 6) is -1.38. The van der Waals surface area contributed by atoms with Crippen LogP contribution < -0.4 is 5.32 Å². The summed E-state index contributed by atoms with van der Waals surface area (Å²) in [5, 5.41) is 14.4. The van der Waals surface area contributed by atoms with E-state index in [1.54, 1.807) is 18.3 Å². The molecule has 0 fully saturated rings. The highest BCUT2D eigenvalue weighted by atomic mass is 32.1. The molecule has 1 heterocycles. The van der Waals surface area contributed by atoms with Gasteiger partial charge >= 0.3 is 5.97 Å². The van der Waals surface area contributed by atoms with Gasteiger partial charge in [0.25, 0.3) is 5.91 Å². The van der Waals surface area contributed by atoms with Crippen molar-refractivity contribution in [3.63, 3.8) is 0 Å². The van der Waals surface area contributed by atoms with Crippen LogP contribution in [0.3, 0.4) is 0 Å². The first-order chi connectivity index (χ1) is 9.40. The van der Waals surface area contributed by atoms with Crippen LogP contribution in [-0.4, -0.2) is 22.0 Å². The van der Waals surface area contributed by atoms with Gasteiger partial charge in [0.1, 0.15) is 5.01 Å². The molecule has 104 valence electrons. The Hall–Kier alpha value is -2.21. The van der Waals surface area contributed by atoms with Gasteiger partial charge in [0.2, 0.25) is 0 Å². The molecule has 1 aromatic heterocycles. The molecule has 2 aromatic rings. The molecular formula is C14H14N2O3S. The Balaban J connectivity index is 2.20. The summed E-state index contributed by atoms with van der Waals surface area (Å²) in [6.07, 6.45) is 1.68. The summed E-state index contributed by atoms with van der Waals surface area (Å²) in [6.45, 7) is 3.70. The molecule has 2 rings (SSSR count). The number of aromatic nitrogens is 1. The van der Waals surface area contributed by atoms with Gasteiger partial charge in [-0.05, 0) is 32.0 Å². The minimum Gasteiger partial charge on any atom is -0.478 e. The molecule has 6 heteroatoms. The van der Waals surface area contributed by atoms with E-state index in [0.29, 0.717) is 5.56 Å². The lowest BCUT2D eigenvalue weighted by Gasteiger charge is -2.23. The average molecular weight is 290 g/mol. The normalized spacial score (nSPS) is 11.1. The molecule has 0 bridgehead atoms. The summed E-state index contributed by atoms with van der Waals surface area (Å²) >= 11 is 1.46. The fraction of sp³-hybridized carbons (Fsp3) is 0.214. The van der Waals surface area contributed by atoms with E-state index in [1.165, 1.54) is 23.5 Å². The second kappa shape index (κ2) is 5.42. The quantitative estimate of drug-likeness (QED) is 0.906. The summed E-state index contributed by atoms with van der Waals surface area (Å²) < 4.78 is 0. The van der Waals surface area contributed by atoms with Crippen molar-refractivity contribution in [3.8, 4) is 0 Å². The van der Waals surface area contributed by atoms with Crippen molar-refractivity contribution in [2.24, 2.45) is 0 Å². The summed E-state index contributed by atoms with van der Waals surface area (Å²) in [4.78, 5) is 27.3. The lowest BCUT2D eigenvalue weighted by Crippen LogP contribution is -2.40. The fourth-order valence-electron chi connectivity index (χ4n) is 1.74. The zero-order chi connectivity index (χ0) is 14.8. The molecule has 0 radical (unpaired) electrons. The number of amides is 1. The van der Waals surface area contributed by atoms with E-state index >= 15 is 0 Å². The van der Waals surface area contributed by atoms with E-state index in [2.05, 4.69) is 10.3 Å². The molecule has 1 amide bonds. The van der Waals surface area contributed by atoms with Crippen LogP contribution >= 0.6 is 11.3 Å². The first kappa shape index (κ1) is 14.2. The zero-order valence-corrected chi connectivity index (χ0v) is 11.9. The molecule has 5 nitrogen and oxygen atoms in total. The van der Waals surface area contributed by atoms with Crippen LogP contribution in [-0.2, 0) is 5.54 Å². The van der Waals surface area contributed by atoms with Gasteiger partial charge in [-0.15, -0.1) is 11.3 Å². The Bertz CT molecular complexity index is 636. The SMILES string of the molecule is CC(C)(NC(=O)c1cccc(C(=O)O)c1)c1nccs1. The third-order valence-electron chi connectivity index (χ3n) is 2.76. The van der Waals surface area contributed by atoms with Crippen LogP contribution in [0.4, 0.5) is 0 Å². The molecule has 0 aliphatic carbocycles. The van der Waals surface area contributed by atoms with Crippen molar-refractivity contribution in [2.45, 2.75) is 19.4 Å². The highest BCUT2D eigenvalue weighted by Crippen LogP contribution is 2.22. The Morgan fingerprint density at radius 2 is 2.00 bits per heavy atom. The van der Waals surface area contributed by atoms with Crippen molar-refractivity contribution < 1.29 is 14.7 Å². The molecule has 0 spiro atoms. The highest BCUT2D eigenvalue weighted by Gasteiger charge is 2.26. The largest absolute Gasteiger partial charge is 0.478 e. The first-order valence-electron chi connectivity index (χ1n) is 5.96. The first-order valence-corrected chi connectivity index (χ1v) is 6.84. The van der Waals surface area contributed by atoms with E-state index in [0.717, 1.165) is 5.01 Å². The number of aromatic carboxylic acids is 1. The predicted molar refractivity (Wildman–Crippen MR) is 76.0 cm³/mol. The Kier molecular flexibility index (Phi) is 3.85. The summed E-state index contributed by atoms with van der Waals surface area (Å²) in [6, 6.07) is 5.94.